The van der Waals surface area contributed by atoms with E-state index in [9.17, 15) is 9.90 Å². The Morgan fingerprint density at radius 2 is 1.71 bits per heavy atom. The summed E-state index contributed by atoms with van der Waals surface area (Å²) < 4.78 is 6.15. The molecule has 0 radical (unpaired) electrons. The van der Waals surface area contributed by atoms with Gasteiger partial charge in [-0.25, -0.2) is 4.79 Å². The van der Waals surface area contributed by atoms with Crippen LogP contribution >= 0.6 is 11.3 Å². The summed E-state index contributed by atoms with van der Waals surface area (Å²) in [5.74, 6) is -0.566. The topological polar surface area (TPSA) is 46.5 Å². The van der Waals surface area contributed by atoms with Crippen molar-refractivity contribution in [1.82, 2.24) is 0 Å². The van der Waals surface area contributed by atoms with E-state index in [-0.39, 0.29) is 5.56 Å². The minimum Gasteiger partial charge on any atom is -0.487 e. The van der Waals surface area contributed by atoms with Crippen LogP contribution in [0.25, 0.3) is 21.9 Å². The van der Waals surface area contributed by atoms with E-state index in [1.165, 1.54) is 0 Å². The van der Waals surface area contributed by atoms with E-state index in [2.05, 4.69) is 0 Å². The van der Waals surface area contributed by atoms with Gasteiger partial charge in [-0.2, -0.15) is 11.3 Å². The van der Waals surface area contributed by atoms with Crippen molar-refractivity contribution in [3.8, 4) is 16.9 Å². The van der Waals surface area contributed by atoms with Gasteiger partial charge in [-0.15, -0.1) is 0 Å². The van der Waals surface area contributed by atoms with Crippen LogP contribution in [0.15, 0.2) is 65.4 Å². The fourth-order valence-electron chi connectivity index (χ4n) is 3.54. The van der Waals surface area contributed by atoms with Gasteiger partial charge < -0.3 is 9.84 Å². The molecular weight excluding hydrogens is 368 g/mol. The molecule has 0 aliphatic rings. The molecule has 0 atom stereocenters. The molecule has 0 unspecified atom stereocenters. The molecule has 1 aromatic heterocycles. The fourth-order valence-corrected chi connectivity index (χ4v) is 4.20. The minimum atomic E-state index is -0.987. The lowest BCUT2D eigenvalue weighted by Gasteiger charge is -2.17. The third-order valence-electron chi connectivity index (χ3n) is 5.06. The number of hydrogen-bond donors (Lipinski definition) is 1. The fraction of sp³-hybridized carbons (Fsp3) is 0.125. The van der Waals surface area contributed by atoms with Crippen molar-refractivity contribution in [2.24, 2.45) is 0 Å². The first-order valence-electron chi connectivity index (χ1n) is 9.05. The molecular formula is C24H20O3S. The Balaban J connectivity index is 1.87. The number of benzene rings is 3. The molecule has 4 heteroatoms. The van der Waals surface area contributed by atoms with E-state index in [0.717, 1.165) is 38.6 Å². The molecule has 0 bridgehead atoms. The Bertz CT molecular complexity index is 1140. The molecule has 0 aliphatic carbocycles. The smallest absolute Gasteiger partial charge is 0.339 e. The van der Waals surface area contributed by atoms with Gasteiger partial charge >= 0.3 is 5.97 Å². The SMILES string of the molecule is Cc1cccc(C)c1COc1c(C(=O)O)cc(-c2ccsc2)c2ccccc12. The molecule has 1 N–H and O–H groups in total. The summed E-state index contributed by atoms with van der Waals surface area (Å²) in [6.07, 6.45) is 0. The summed E-state index contributed by atoms with van der Waals surface area (Å²) in [7, 11) is 0. The van der Waals surface area contributed by atoms with Crippen LogP contribution in [-0.4, -0.2) is 11.1 Å². The molecule has 0 aliphatic heterocycles. The highest BCUT2D eigenvalue weighted by atomic mass is 32.1. The first-order valence-corrected chi connectivity index (χ1v) is 10.00. The lowest BCUT2D eigenvalue weighted by Crippen LogP contribution is -2.06. The van der Waals surface area contributed by atoms with Crippen LogP contribution < -0.4 is 4.74 Å². The molecule has 28 heavy (non-hydrogen) atoms. The van der Waals surface area contributed by atoms with Gasteiger partial charge in [0.2, 0.25) is 0 Å². The van der Waals surface area contributed by atoms with Crippen LogP contribution in [0.3, 0.4) is 0 Å². The summed E-state index contributed by atoms with van der Waals surface area (Å²) in [6, 6.07) is 17.7. The molecule has 0 saturated carbocycles. The van der Waals surface area contributed by atoms with Crippen LogP contribution in [0.5, 0.6) is 5.75 Å². The second kappa shape index (κ2) is 7.49. The normalized spacial score (nSPS) is 10.9. The highest BCUT2D eigenvalue weighted by Gasteiger charge is 2.19. The van der Waals surface area contributed by atoms with E-state index >= 15 is 0 Å². The molecule has 140 valence electrons. The second-order valence-electron chi connectivity index (χ2n) is 6.82. The van der Waals surface area contributed by atoms with Crippen molar-refractivity contribution in [2.45, 2.75) is 20.5 Å². The number of carbonyl (C=O) groups is 1. The van der Waals surface area contributed by atoms with Crippen LogP contribution in [0.4, 0.5) is 0 Å². The van der Waals surface area contributed by atoms with Gasteiger partial charge in [0.1, 0.15) is 17.9 Å². The highest BCUT2D eigenvalue weighted by molar-refractivity contribution is 7.08. The first kappa shape index (κ1) is 18.3. The summed E-state index contributed by atoms with van der Waals surface area (Å²) in [6.45, 7) is 4.42. The molecule has 0 amide bonds. The monoisotopic (exact) mass is 388 g/mol. The van der Waals surface area contributed by atoms with E-state index < -0.39 is 5.97 Å². The predicted molar refractivity (Wildman–Crippen MR) is 114 cm³/mol. The molecule has 1 heterocycles. The van der Waals surface area contributed by atoms with Crippen LogP contribution in [-0.2, 0) is 6.61 Å². The van der Waals surface area contributed by atoms with Crippen LogP contribution in [0.2, 0.25) is 0 Å². The lowest BCUT2D eigenvalue weighted by atomic mass is 9.96. The largest absolute Gasteiger partial charge is 0.487 e. The molecule has 3 aromatic carbocycles. The Morgan fingerprint density at radius 3 is 2.36 bits per heavy atom. The van der Waals surface area contributed by atoms with Gasteiger partial charge in [-0.3, -0.25) is 0 Å². The number of carboxylic acid groups (broad SMARTS) is 1. The van der Waals surface area contributed by atoms with Crippen molar-refractivity contribution in [1.29, 1.82) is 0 Å². The number of aryl methyl sites for hydroxylation is 2. The van der Waals surface area contributed by atoms with E-state index in [0.29, 0.717) is 12.4 Å². The average molecular weight is 388 g/mol. The maximum absolute atomic E-state index is 12.1. The van der Waals surface area contributed by atoms with Crippen molar-refractivity contribution in [3.63, 3.8) is 0 Å². The zero-order valence-electron chi connectivity index (χ0n) is 15.7. The quantitative estimate of drug-likeness (QED) is 0.427. The second-order valence-corrected chi connectivity index (χ2v) is 7.60. The third-order valence-corrected chi connectivity index (χ3v) is 5.75. The summed E-state index contributed by atoms with van der Waals surface area (Å²) in [5.41, 5.74) is 5.47. The Kier molecular flexibility index (Phi) is 4.88. The Morgan fingerprint density at radius 1 is 1.00 bits per heavy atom. The van der Waals surface area contributed by atoms with Crippen molar-refractivity contribution < 1.29 is 14.6 Å². The predicted octanol–water partition coefficient (Wildman–Crippen LogP) is 6.46. The Hall–Kier alpha value is -3.11. The number of ether oxygens (including phenoxy) is 1. The molecule has 0 saturated heterocycles. The van der Waals surface area contributed by atoms with E-state index in [1.807, 2.05) is 73.1 Å². The average Bonchev–Trinajstić information content (AvgIpc) is 3.21. The van der Waals surface area contributed by atoms with Gasteiger partial charge in [0.15, 0.2) is 0 Å². The Labute approximate surface area is 167 Å². The number of rotatable bonds is 5. The standard InChI is InChI=1S/C24H20O3S/c1-15-6-5-7-16(2)22(15)13-27-23-19-9-4-3-8-18(19)20(12-21(23)24(25)26)17-10-11-28-14-17/h3-12,14H,13H2,1-2H3,(H,25,26). The molecule has 0 spiro atoms. The highest BCUT2D eigenvalue weighted by Crippen LogP contribution is 2.39. The zero-order chi connectivity index (χ0) is 19.7. The summed E-state index contributed by atoms with van der Waals surface area (Å²) in [4.78, 5) is 12.1. The van der Waals surface area contributed by atoms with Crippen molar-refractivity contribution in [2.75, 3.05) is 0 Å². The number of fused-ring (bicyclic) bond motifs is 1. The minimum absolute atomic E-state index is 0.186. The van der Waals surface area contributed by atoms with Crippen molar-refractivity contribution in [3.05, 3.63) is 87.6 Å². The molecule has 4 aromatic rings. The number of hydrogen-bond acceptors (Lipinski definition) is 3. The van der Waals surface area contributed by atoms with Crippen LogP contribution in [0, 0.1) is 13.8 Å². The molecule has 0 fully saturated rings. The molecule has 3 nitrogen and oxygen atoms in total. The van der Waals surface area contributed by atoms with Crippen molar-refractivity contribution >= 4 is 28.1 Å². The van der Waals surface area contributed by atoms with E-state index in [1.54, 1.807) is 17.4 Å². The van der Waals surface area contributed by atoms with Gasteiger partial charge in [0.05, 0.1) is 0 Å². The maximum Gasteiger partial charge on any atom is 0.339 e. The lowest BCUT2D eigenvalue weighted by molar-refractivity contribution is 0.0692. The van der Waals surface area contributed by atoms with Gasteiger partial charge in [0.25, 0.3) is 0 Å². The molecule has 4 rings (SSSR count). The maximum atomic E-state index is 12.1. The van der Waals surface area contributed by atoms with Gasteiger partial charge in [0, 0.05) is 5.39 Å². The summed E-state index contributed by atoms with van der Waals surface area (Å²) in [5, 5.41) is 15.7. The number of aromatic carboxylic acids is 1. The number of thiophene rings is 1. The number of carboxylic acids is 1. The van der Waals surface area contributed by atoms with E-state index in [4.69, 9.17) is 4.74 Å². The van der Waals surface area contributed by atoms with Gasteiger partial charge in [-0.1, -0.05) is 42.5 Å². The summed E-state index contributed by atoms with van der Waals surface area (Å²) >= 11 is 1.59. The van der Waals surface area contributed by atoms with Crippen LogP contribution in [0.1, 0.15) is 27.0 Å². The van der Waals surface area contributed by atoms with Gasteiger partial charge in [-0.05, 0) is 69.9 Å². The zero-order valence-corrected chi connectivity index (χ0v) is 16.5. The first-order chi connectivity index (χ1) is 13.6. The third kappa shape index (κ3) is 3.27.